The summed E-state index contributed by atoms with van der Waals surface area (Å²) in [6, 6.07) is 15.7. The molecule has 4 rings (SSSR count). The zero-order valence-corrected chi connectivity index (χ0v) is 16.0. The first-order valence-electron chi connectivity index (χ1n) is 9.00. The first kappa shape index (κ1) is 17.5. The normalized spacial score (nSPS) is 14.4. The van der Waals surface area contributed by atoms with Crippen LogP contribution in [-0.2, 0) is 0 Å². The van der Waals surface area contributed by atoms with Gasteiger partial charge in [-0.1, -0.05) is 18.2 Å². The van der Waals surface area contributed by atoms with E-state index >= 15 is 0 Å². The lowest BCUT2D eigenvalue weighted by atomic mass is 10.1. The molecule has 1 N–H and O–H groups in total. The monoisotopic (exact) mass is 379 g/mol. The van der Waals surface area contributed by atoms with E-state index < -0.39 is 0 Å². The molecule has 6 heteroatoms. The van der Waals surface area contributed by atoms with Crippen LogP contribution in [0.1, 0.15) is 15.9 Å². The molecule has 1 aliphatic heterocycles. The molecule has 0 bridgehead atoms. The largest absolute Gasteiger partial charge is 0.368 e. The summed E-state index contributed by atoms with van der Waals surface area (Å²) in [5.74, 6) is -0.196. The molecule has 3 aromatic rings. The number of aromatic amines is 1. The van der Waals surface area contributed by atoms with E-state index in [-0.39, 0.29) is 17.0 Å². The molecular formula is C21H21N3O2S. The third kappa shape index (κ3) is 3.66. The number of thiophene rings is 1. The van der Waals surface area contributed by atoms with E-state index in [0.717, 1.165) is 23.7 Å². The van der Waals surface area contributed by atoms with Gasteiger partial charge in [-0.2, -0.15) is 0 Å². The molecule has 0 unspecified atom stereocenters. The van der Waals surface area contributed by atoms with Crippen LogP contribution in [0, 0.1) is 6.92 Å². The Hall–Kier alpha value is -2.86. The highest BCUT2D eigenvalue weighted by atomic mass is 32.1. The number of amides is 1. The summed E-state index contributed by atoms with van der Waals surface area (Å²) in [7, 11) is 0. The lowest BCUT2D eigenvalue weighted by Gasteiger charge is -2.36. The lowest BCUT2D eigenvalue weighted by molar-refractivity contribution is 0.0745. The number of pyridine rings is 1. The Bertz CT molecular complexity index is 1000. The van der Waals surface area contributed by atoms with Crippen LogP contribution in [0.4, 0.5) is 5.69 Å². The molecule has 5 nitrogen and oxygen atoms in total. The number of benzene rings is 1. The van der Waals surface area contributed by atoms with Gasteiger partial charge in [0, 0.05) is 31.9 Å². The molecule has 1 saturated heterocycles. The number of carbonyl (C=O) groups excluding carboxylic acids is 1. The van der Waals surface area contributed by atoms with E-state index in [0.29, 0.717) is 13.1 Å². The van der Waals surface area contributed by atoms with E-state index in [1.807, 2.05) is 23.6 Å². The maximum Gasteiger partial charge on any atom is 0.261 e. The van der Waals surface area contributed by atoms with Crippen molar-refractivity contribution in [1.29, 1.82) is 0 Å². The highest BCUT2D eigenvalue weighted by molar-refractivity contribution is 7.13. The van der Waals surface area contributed by atoms with Gasteiger partial charge < -0.3 is 14.8 Å². The minimum absolute atomic E-state index is 0.196. The van der Waals surface area contributed by atoms with Crippen molar-refractivity contribution in [2.75, 3.05) is 31.1 Å². The Kier molecular flexibility index (Phi) is 4.81. The molecule has 2 aromatic heterocycles. The van der Waals surface area contributed by atoms with Crippen molar-refractivity contribution in [3.8, 4) is 10.6 Å². The third-order valence-corrected chi connectivity index (χ3v) is 5.76. The fraction of sp³-hybridized carbons (Fsp3) is 0.238. The summed E-state index contributed by atoms with van der Waals surface area (Å²) in [6.07, 6.45) is 0. The summed E-state index contributed by atoms with van der Waals surface area (Å²) in [5.41, 5.74) is 3.03. The van der Waals surface area contributed by atoms with Gasteiger partial charge in [0.15, 0.2) is 0 Å². The lowest BCUT2D eigenvalue weighted by Crippen LogP contribution is -2.49. The maximum absolute atomic E-state index is 12.8. The smallest absolute Gasteiger partial charge is 0.261 e. The van der Waals surface area contributed by atoms with Crippen molar-refractivity contribution in [2.24, 2.45) is 0 Å². The Morgan fingerprint density at radius 2 is 1.85 bits per heavy atom. The van der Waals surface area contributed by atoms with Crippen LogP contribution in [0.3, 0.4) is 0 Å². The van der Waals surface area contributed by atoms with Crippen molar-refractivity contribution < 1.29 is 4.79 Å². The van der Waals surface area contributed by atoms with Gasteiger partial charge in [-0.15, -0.1) is 11.3 Å². The second-order valence-corrected chi connectivity index (χ2v) is 7.66. The van der Waals surface area contributed by atoms with E-state index in [4.69, 9.17) is 0 Å². The minimum atomic E-state index is -0.327. The number of hydrogen-bond donors (Lipinski definition) is 1. The van der Waals surface area contributed by atoms with E-state index in [1.165, 1.54) is 11.3 Å². The van der Waals surface area contributed by atoms with Crippen LogP contribution in [0.25, 0.3) is 10.6 Å². The van der Waals surface area contributed by atoms with Crippen molar-refractivity contribution in [3.63, 3.8) is 0 Å². The average Bonchev–Trinajstić information content (AvgIpc) is 3.22. The van der Waals surface area contributed by atoms with Crippen LogP contribution < -0.4 is 10.5 Å². The molecule has 1 aromatic carbocycles. The molecule has 0 aliphatic carbocycles. The number of piperazine rings is 1. The number of nitrogens with zero attached hydrogens (tertiary/aromatic N) is 2. The quantitative estimate of drug-likeness (QED) is 0.759. The number of H-pyrrole nitrogens is 1. The zero-order chi connectivity index (χ0) is 18.8. The predicted octanol–water partition coefficient (Wildman–Crippen LogP) is 3.37. The van der Waals surface area contributed by atoms with Gasteiger partial charge in [0.1, 0.15) is 5.56 Å². The molecular weight excluding hydrogens is 358 g/mol. The molecule has 0 spiro atoms. The number of hydrogen-bond acceptors (Lipinski definition) is 4. The fourth-order valence-corrected chi connectivity index (χ4v) is 4.09. The second kappa shape index (κ2) is 7.40. The van der Waals surface area contributed by atoms with Crippen molar-refractivity contribution in [1.82, 2.24) is 9.88 Å². The molecule has 1 amide bonds. The number of carbonyl (C=O) groups is 1. The second-order valence-electron chi connectivity index (χ2n) is 6.71. The van der Waals surface area contributed by atoms with Crippen LogP contribution in [0.2, 0.25) is 0 Å². The Balaban J connectivity index is 1.46. The van der Waals surface area contributed by atoms with Crippen LogP contribution in [0.15, 0.2) is 58.7 Å². The maximum atomic E-state index is 12.8. The number of rotatable bonds is 3. The Labute approximate surface area is 161 Å². The Morgan fingerprint density at radius 3 is 2.52 bits per heavy atom. The average molecular weight is 379 g/mol. The fourth-order valence-electron chi connectivity index (χ4n) is 3.38. The van der Waals surface area contributed by atoms with Gasteiger partial charge in [0.05, 0.1) is 10.6 Å². The number of nitrogens with one attached hydrogen (secondary N) is 1. The van der Waals surface area contributed by atoms with Gasteiger partial charge in [-0.3, -0.25) is 9.59 Å². The molecule has 0 saturated carbocycles. The highest BCUT2D eigenvalue weighted by Gasteiger charge is 2.24. The summed E-state index contributed by atoms with van der Waals surface area (Å²) in [5, 5.41) is 1.96. The van der Waals surface area contributed by atoms with E-state index in [1.54, 1.807) is 22.3 Å². The third-order valence-electron chi connectivity index (χ3n) is 4.86. The van der Waals surface area contributed by atoms with Crippen LogP contribution in [-0.4, -0.2) is 42.0 Å². The standard InChI is InChI=1S/C21H21N3O2S/c1-15-4-2-5-16(14-15)23-9-11-24(12-10-23)21(26)17-7-8-18(22-20(17)25)19-6-3-13-27-19/h2-8,13-14H,9-12H2,1H3,(H,22,25). The van der Waals surface area contributed by atoms with Crippen molar-refractivity contribution in [3.05, 3.63) is 75.4 Å². The van der Waals surface area contributed by atoms with Crippen LogP contribution in [0.5, 0.6) is 0 Å². The van der Waals surface area contributed by atoms with Crippen molar-refractivity contribution >= 4 is 22.9 Å². The molecule has 1 fully saturated rings. The van der Waals surface area contributed by atoms with Gasteiger partial charge >= 0.3 is 0 Å². The zero-order valence-electron chi connectivity index (χ0n) is 15.1. The summed E-state index contributed by atoms with van der Waals surface area (Å²) >= 11 is 1.56. The van der Waals surface area contributed by atoms with E-state index in [2.05, 4.69) is 41.1 Å². The van der Waals surface area contributed by atoms with Crippen molar-refractivity contribution in [2.45, 2.75) is 6.92 Å². The number of anilines is 1. The number of aryl methyl sites for hydroxylation is 1. The molecule has 0 radical (unpaired) electrons. The summed E-state index contributed by atoms with van der Waals surface area (Å²) in [6.45, 7) is 4.83. The van der Waals surface area contributed by atoms with Gasteiger partial charge in [0.2, 0.25) is 0 Å². The molecule has 0 atom stereocenters. The minimum Gasteiger partial charge on any atom is -0.368 e. The van der Waals surface area contributed by atoms with Gasteiger partial charge in [-0.05, 0) is 48.2 Å². The van der Waals surface area contributed by atoms with Gasteiger partial charge in [0.25, 0.3) is 11.5 Å². The molecule has 1 aliphatic rings. The summed E-state index contributed by atoms with van der Waals surface area (Å²) < 4.78 is 0. The topological polar surface area (TPSA) is 56.4 Å². The number of aromatic nitrogens is 1. The van der Waals surface area contributed by atoms with Crippen LogP contribution >= 0.6 is 11.3 Å². The first-order chi connectivity index (χ1) is 13.1. The molecule has 138 valence electrons. The highest BCUT2D eigenvalue weighted by Crippen LogP contribution is 2.22. The summed E-state index contributed by atoms with van der Waals surface area (Å²) in [4.78, 5) is 33.1. The first-order valence-corrected chi connectivity index (χ1v) is 9.88. The predicted molar refractivity (Wildman–Crippen MR) is 110 cm³/mol. The SMILES string of the molecule is Cc1cccc(N2CCN(C(=O)c3ccc(-c4cccs4)[nH]c3=O)CC2)c1. The molecule has 3 heterocycles. The van der Waals surface area contributed by atoms with Gasteiger partial charge in [-0.25, -0.2) is 0 Å². The van der Waals surface area contributed by atoms with E-state index in [9.17, 15) is 9.59 Å². The molecule has 27 heavy (non-hydrogen) atoms. The Morgan fingerprint density at radius 1 is 1.04 bits per heavy atom.